The number of rotatable bonds is 5. The summed E-state index contributed by atoms with van der Waals surface area (Å²) in [5.74, 6) is 2.35. The summed E-state index contributed by atoms with van der Waals surface area (Å²) in [5.41, 5.74) is 1.56. The van der Waals surface area contributed by atoms with Gasteiger partial charge >= 0.3 is 0 Å². The van der Waals surface area contributed by atoms with E-state index in [2.05, 4.69) is 65.8 Å². The van der Waals surface area contributed by atoms with Crippen LogP contribution < -0.4 is 4.74 Å². The molecule has 0 aliphatic heterocycles. The lowest BCUT2D eigenvalue weighted by Gasteiger charge is -2.20. The Hall–Kier alpha value is -0.980. The normalized spacial score (nSPS) is 13.7. The lowest BCUT2D eigenvalue weighted by molar-refractivity contribution is 0.239. The third kappa shape index (κ3) is 5.12. The topological polar surface area (TPSA) is 9.23 Å². The van der Waals surface area contributed by atoms with Crippen molar-refractivity contribution in [1.82, 2.24) is 0 Å². The molecule has 0 aromatic heterocycles. The molecule has 1 unspecified atom stereocenters. The van der Waals surface area contributed by atoms with Crippen LogP contribution in [-0.2, 0) is 5.41 Å². The molecule has 0 radical (unpaired) electrons. The van der Waals surface area contributed by atoms with Gasteiger partial charge in [-0.2, -0.15) is 0 Å². The third-order valence-electron chi connectivity index (χ3n) is 3.13. The highest BCUT2D eigenvalue weighted by Gasteiger charge is 2.13. The van der Waals surface area contributed by atoms with Gasteiger partial charge in [0, 0.05) is 0 Å². The second-order valence-corrected chi connectivity index (χ2v) is 6.82. The molecule has 0 amide bonds. The summed E-state index contributed by atoms with van der Waals surface area (Å²) in [6.45, 7) is 14.3. The summed E-state index contributed by atoms with van der Waals surface area (Å²) >= 11 is 0. The van der Waals surface area contributed by atoms with Crippen LogP contribution in [0.15, 0.2) is 24.3 Å². The predicted octanol–water partition coefficient (Wildman–Crippen LogP) is 5.05. The molecule has 1 aromatic carbocycles. The fourth-order valence-corrected chi connectivity index (χ4v) is 2.16. The Morgan fingerprint density at radius 3 is 2.00 bits per heavy atom. The van der Waals surface area contributed by atoms with Crippen molar-refractivity contribution >= 4 is 0 Å². The van der Waals surface area contributed by atoms with Crippen molar-refractivity contribution in [2.24, 2.45) is 11.8 Å². The Labute approximate surface area is 113 Å². The highest BCUT2D eigenvalue weighted by molar-refractivity contribution is 5.31. The first-order valence-corrected chi connectivity index (χ1v) is 7.02. The zero-order valence-corrected chi connectivity index (χ0v) is 12.8. The van der Waals surface area contributed by atoms with E-state index in [1.165, 1.54) is 12.0 Å². The Morgan fingerprint density at radius 2 is 1.56 bits per heavy atom. The van der Waals surface area contributed by atoms with Gasteiger partial charge in [0.25, 0.3) is 0 Å². The molecule has 1 atom stereocenters. The monoisotopic (exact) mass is 248 g/mol. The highest BCUT2D eigenvalue weighted by Crippen LogP contribution is 2.24. The van der Waals surface area contributed by atoms with Crippen LogP contribution in [0, 0.1) is 11.8 Å². The van der Waals surface area contributed by atoms with E-state index in [-0.39, 0.29) is 5.41 Å². The zero-order valence-electron chi connectivity index (χ0n) is 12.8. The van der Waals surface area contributed by atoms with Crippen LogP contribution in [-0.4, -0.2) is 6.61 Å². The number of benzene rings is 1. The molecule has 1 rings (SSSR count). The number of ether oxygens (including phenoxy) is 1. The highest BCUT2D eigenvalue weighted by atomic mass is 16.5. The SMILES string of the molecule is CC(C)CC(C)COc1ccc(C(C)(C)C)cc1. The maximum Gasteiger partial charge on any atom is 0.119 e. The standard InChI is InChI=1S/C17H28O/c1-13(2)11-14(3)12-18-16-9-7-15(8-10-16)17(4,5)6/h7-10,13-14H,11-12H2,1-6H3. The number of hydrogen-bond acceptors (Lipinski definition) is 1. The Bertz CT molecular complexity index is 343. The van der Waals surface area contributed by atoms with Gasteiger partial charge in [0.1, 0.15) is 5.75 Å². The van der Waals surface area contributed by atoms with E-state index < -0.39 is 0 Å². The minimum absolute atomic E-state index is 0.212. The van der Waals surface area contributed by atoms with E-state index in [0.717, 1.165) is 18.3 Å². The molecule has 0 saturated heterocycles. The average Bonchev–Trinajstić information content (AvgIpc) is 2.25. The molecule has 0 aliphatic rings. The van der Waals surface area contributed by atoms with Crippen molar-refractivity contribution in [3.8, 4) is 5.75 Å². The summed E-state index contributed by atoms with van der Waals surface area (Å²) in [5, 5.41) is 0. The van der Waals surface area contributed by atoms with E-state index in [1.54, 1.807) is 0 Å². The fourth-order valence-electron chi connectivity index (χ4n) is 2.16. The molecule has 1 heteroatoms. The molecular weight excluding hydrogens is 220 g/mol. The molecule has 18 heavy (non-hydrogen) atoms. The molecule has 0 heterocycles. The van der Waals surface area contributed by atoms with Crippen LogP contribution in [0.1, 0.15) is 53.5 Å². The van der Waals surface area contributed by atoms with Gasteiger partial charge in [-0.15, -0.1) is 0 Å². The first-order chi connectivity index (χ1) is 8.29. The first kappa shape index (κ1) is 15.1. The van der Waals surface area contributed by atoms with Crippen LogP contribution in [0.2, 0.25) is 0 Å². The smallest absolute Gasteiger partial charge is 0.119 e. The van der Waals surface area contributed by atoms with Crippen LogP contribution >= 0.6 is 0 Å². The molecule has 0 bridgehead atoms. The van der Waals surface area contributed by atoms with Crippen molar-refractivity contribution in [3.63, 3.8) is 0 Å². The Balaban J connectivity index is 2.49. The Morgan fingerprint density at radius 1 is 1.00 bits per heavy atom. The fraction of sp³-hybridized carbons (Fsp3) is 0.647. The molecular formula is C17H28O. The molecule has 1 aromatic rings. The zero-order chi connectivity index (χ0) is 13.8. The summed E-state index contributed by atoms with van der Waals surface area (Å²) in [7, 11) is 0. The summed E-state index contributed by atoms with van der Waals surface area (Å²) < 4.78 is 5.84. The van der Waals surface area contributed by atoms with E-state index in [0.29, 0.717) is 5.92 Å². The van der Waals surface area contributed by atoms with Crippen molar-refractivity contribution in [3.05, 3.63) is 29.8 Å². The molecule has 0 fully saturated rings. The van der Waals surface area contributed by atoms with Crippen LogP contribution in [0.3, 0.4) is 0 Å². The third-order valence-corrected chi connectivity index (χ3v) is 3.13. The van der Waals surface area contributed by atoms with Gasteiger partial charge in [-0.3, -0.25) is 0 Å². The summed E-state index contributed by atoms with van der Waals surface area (Å²) in [6.07, 6.45) is 1.22. The lowest BCUT2D eigenvalue weighted by Crippen LogP contribution is -2.12. The van der Waals surface area contributed by atoms with Gasteiger partial charge in [0.15, 0.2) is 0 Å². The minimum atomic E-state index is 0.212. The van der Waals surface area contributed by atoms with Crippen molar-refractivity contribution in [1.29, 1.82) is 0 Å². The molecule has 0 aliphatic carbocycles. The quantitative estimate of drug-likeness (QED) is 0.709. The van der Waals surface area contributed by atoms with Gasteiger partial charge < -0.3 is 4.74 Å². The van der Waals surface area contributed by atoms with Gasteiger partial charge in [0.2, 0.25) is 0 Å². The second kappa shape index (κ2) is 6.26. The second-order valence-electron chi connectivity index (χ2n) is 6.82. The summed E-state index contributed by atoms with van der Waals surface area (Å²) in [4.78, 5) is 0. The van der Waals surface area contributed by atoms with E-state index >= 15 is 0 Å². The average molecular weight is 248 g/mol. The van der Waals surface area contributed by atoms with Gasteiger partial charge in [-0.05, 0) is 41.4 Å². The molecule has 0 N–H and O–H groups in total. The van der Waals surface area contributed by atoms with Crippen LogP contribution in [0.25, 0.3) is 0 Å². The largest absolute Gasteiger partial charge is 0.493 e. The molecule has 102 valence electrons. The van der Waals surface area contributed by atoms with Gasteiger partial charge in [-0.25, -0.2) is 0 Å². The first-order valence-electron chi connectivity index (χ1n) is 7.02. The van der Waals surface area contributed by atoms with E-state index in [9.17, 15) is 0 Å². The summed E-state index contributed by atoms with van der Waals surface area (Å²) in [6, 6.07) is 8.51. The van der Waals surface area contributed by atoms with Gasteiger partial charge in [0.05, 0.1) is 6.61 Å². The molecule has 0 spiro atoms. The maximum atomic E-state index is 5.84. The van der Waals surface area contributed by atoms with Crippen LogP contribution in [0.4, 0.5) is 0 Å². The number of hydrogen-bond donors (Lipinski definition) is 0. The van der Waals surface area contributed by atoms with Crippen molar-refractivity contribution in [2.45, 2.75) is 53.4 Å². The lowest BCUT2D eigenvalue weighted by atomic mass is 9.87. The predicted molar refractivity (Wildman–Crippen MR) is 79.3 cm³/mol. The molecule has 1 nitrogen and oxygen atoms in total. The van der Waals surface area contributed by atoms with Crippen molar-refractivity contribution < 1.29 is 4.74 Å². The van der Waals surface area contributed by atoms with Crippen LogP contribution in [0.5, 0.6) is 5.75 Å². The molecule has 0 saturated carbocycles. The maximum absolute atomic E-state index is 5.84. The van der Waals surface area contributed by atoms with E-state index in [1.807, 2.05) is 0 Å². The minimum Gasteiger partial charge on any atom is -0.493 e. The van der Waals surface area contributed by atoms with Crippen molar-refractivity contribution in [2.75, 3.05) is 6.61 Å². The van der Waals surface area contributed by atoms with E-state index in [4.69, 9.17) is 4.74 Å². The Kier molecular flexibility index (Phi) is 5.25. The van der Waals surface area contributed by atoms with Gasteiger partial charge in [-0.1, -0.05) is 53.7 Å².